The van der Waals surface area contributed by atoms with E-state index in [1.165, 1.54) is 4.90 Å². The summed E-state index contributed by atoms with van der Waals surface area (Å²) >= 11 is 1.79. The Balaban J connectivity index is 1.97. The van der Waals surface area contributed by atoms with E-state index in [0.717, 1.165) is 30.2 Å². The topological polar surface area (TPSA) is 43.8 Å². The summed E-state index contributed by atoms with van der Waals surface area (Å²) in [7, 11) is 0. The number of aryl methyl sites for hydroxylation is 1. The molecule has 1 aromatic heterocycles. The van der Waals surface area contributed by atoms with Crippen LogP contribution < -0.4 is 5.73 Å². The molecule has 17 heavy (non-hydrogen) atoms. The third-order valence-electron chi connectivity index (χ3n) is 2.51. The van der Waals surface area contributed by atoms with Gasteiger partial charge in [0.1, 0.15) is 5.82 Å². The minimum atomic E-state index is 0.807. The molecule has 90 valence electrons. The highest BCUT2D eigenvalue weighted by Gasteiger charge is 2.02. The van der Waals surface area contributed by atoms with Gasteiger partial charge < -0.3 is 10.3 Å². The van der Waals surface area contributed by atoms with Crippen LogP contribution in [0.25, 0.3) is 0 Å². The zero-order valence-corrected chi connectivity index (χ0v) is 10.8. The smallest absolute Gasteiger partial charge is 0.119 e. The minimum Gasteiger partial charge on any atom is -0.399 e. The molecule has 0 spiro atoms. The monoisotopic (exact) mass is 247 g/mol. The molecule has 0 radical (unpaired) electrons. The predicted octanol–water partition coefficient (Wildman–Crippen LogP) is 3.17. The zero-order valence-electron chi connectivity index (χ0n) is 9.97. The number of anilines is 1. The highest BCUT2D eigenvalue weighted by molar-refractivity contribution is 7.98. The van der Waals surface area contributed by atoms with Crippen LogP contribution in [0.3, 0.4) is 0 Å². The third kappa shape index (κ3) is 3.27. The standard InChI is InChI=1S/C13H17N3S/c1-2-8-16-9-7-15-13(16)10-17-12-5-3-11(14)4-6-12/h3-7,9H,2,8,10,14H2,1H3. The molecule has 2 rings (SSSR count). The maximum atomic E-state index is 5.66. The number of hydrogen-bond acceptors (Lipinski definition) is 3. The molecular formula is C13H17N3S. The van der Waals surface area contributed by atoms with Gasteiger partial charge in [-0.05, 0) is 30.7 Å². The molecule has 4 heteroatoms. The van der Waals surface area contributed by atoms with Crippen LogP contribution in [0.2, 0.25) is 0 Å². The molecule has 0 saturated heterocycles. The average Bonchev–Trinajstić information content (AvgIpc) is 2.77. The van der Waals surface area contributed by atoms with E-state index in [4.69, 9.17) is 5.73 Å². The van der Waals surface area contributed by atoms with Crippen LogP contribution >= 0.6 is 11.8 Å². The Hall–Kier alpha value is -1.42. The van der Waals surface area contributed by atoms with Gasteiger partial charge in [-0.15, -0.1) is 11.8 Å². The lowest BCUT2D eigenvalue weighted by Crippen LogP contribution is -2.00. The summed E-state index contributed by atoms with van der Waals surface area (Å²) < 4.78 is 2.21. The molecule has 2 aromatic rings. The SMILES string of the molecule is CCCn1ccnc1CSc1ccc(N)cc1. The molecule has 1 aromatic carbocycles. The lowest BCUT2D eigenvalue weighted by molar-refractivity contribution is 0.655. The molecule has 0 aliphatic rings. The van der Waals surface area contributed by atoms with Crippen LogP contribution in [0.4, 0.5) is 5.69 Å². The van der Waals surface area contributed by atoms with Crippen molar-refractivity contribution >= 4 is 17.4 Å². The van der Waals surface area contributed by atoms with Crippen molar-refractivity contribution in [3.8, 4) is 0 Å². The number of nitrogens with two attached hydrogens (primary N) is 1. The molecular weight excluding hydrogens is 230 g/mol. The molecule has 0 aliphatic carbocycles. The Kier molecular flexibility index (Phi) is 4.09. The molecule has 0 aliphatic heterocycles. The van der Waals surface area contributed by atoms with E-state index in [1.807, 2.05) is 36.7 Å². The van der Waals surface area contributed by atoms with E-state index in [0.29, 0.717) is 0 Å². The van der Waals surface area contributed by atoms with Crippen LogP contribution in [-0.2, 0) is 12.3 Å². The van der Waals surface area contributed by atoms with Crippen molar-refractivity contribution < 1.29 is 0 Å². The number of imidazole rings is 1. The lowest BCUT2D eigenvalue weighted by Gasteiger charge is -2.06. The molecule has 0 unspecified atom stereocenters. The Morgan fingerprint density at radius 1 is 1.29 bits per heavy atom. The second-order valence-corrected chi connectivity index (χ2v) is 4.94. The van der Waals surface area contributed by atoms with Gasteiger partial charge in [-0.1, -0.05) is 6.92 Å². The van der Waals surface area contributed by atoms with Gasteiger partial charge in [0.05, 0.1) is 5.75 Å². The van der Waals surface area contributed by atoms with E-state index >= 15 is 0 Å². The predicted molar refractivity (Wildman–Crippen MR) is 72.9 cm³/mol. The summed E-state index contributed by atoms with van der Waals surface area (Å²) in [5.74, 6) is 2.03. The Labute approximate surface area is 106 Å². The van der Waals surface area contributed by atoms with Crippen LogP contribution in [-0.4, -0.2) is 9.55 Å². The Morgan fingerprint density at radius 2 is 2.06 bits per heavy atom. The molecule has 2 N–H and O–H groups in total. The van der Waals surface area contributed by atoms with Crippen molar-refractivity contribution in [2.45, 2.75) is 30.5 Å². The first-order chi connectivity index (χ1) is 8.29. The lowest BCUT2D eigenvalue weighted by atomic mass is 10.3. The fourth-order valence-corrected chi connectivity index (χ4v) is 2.50. The van der Waals surface area contributed by atoms with E-state index in [1.54, 1.807) is 11.8 Å². The van der Waals surface area contributed by atoms with E-state index in [2.05, 4.69) is 16.5 Å². The summed E-state index contributed by atoms with van der Waals surface area (Å²) in [6.45, 7) is 3.22. The minimum absolute atomic E-state index is 0.807. The molecule has 1 heterocycles. The number of nitrogen functional groups attached to an aromatic ring is 1. The number of aromatic nitrogens is 2. The zero-order chi connectivity index (χ0) is 12.1. The highest BCUT2D eigenvalue weighted by atomic mass is 32.2. The van der Waals surface area contributed by atoms with Gasteiger partial charge in [0.2, 0.25) is 0 Å². The summed E-state index contributed by atoms with van der Waals surface area (Å²) in [5.41, 5.74) is 6.46. The average molecular weight is 247 g/mol. The van der Waals surface area contributed by atoms with Crippen molar-refractivity contribution in [2.75, 3.05) is 5.73 Å². The van der Waals surface area contributed by atoms with E-state index in [-0.39, 0.29) is 0 Å². The molecule has 0 saturated carbocycles. The maximum absolute atomic E-state index is 5.66. The summed E-state index contributed by atoms with van der Waals surface area (Å²) in [6, 6.07) is 7.96. The first-order valence-electron chi connectivity index (χ1n) is 5.78. The van der Waals surface area contributed by atoms with Gasteiger partial charge in [0.25, 0.3) is 0 Å². The van der Waals surface area contributed by atoms with E-state index in [9.17, 15) is 0 Å². The Morgan fingerprint density at radius 3 is 2.76 bits per heavy atom. The number of rotatable bonds is 5. The summed E-state index contributed by atoms with van der Waals surface area (Å²) in [4.78, 5) is 5.61. The van der Waals surface area contributed by atoms with Crippen molar-refractivity contribution in [3.05, 3.63) is 42.5 Å². The highest BCUT2D eigenvalue weighted by Crippen LogP contribution is 2.22. The van der Waals surface area contributed by atoms with Crippen molar-refractivity contribution in [3.63, 3.8) is 0 Å². The maximum Gasteiger partial charge on any atom is 0.119 e. The first kappa shape index (κ1) is 12.0. The molecule has 0 amide bonds. The summed E-state index contributed by atoms with van der Waals surface area (Å²) in [5, 5.41) is 0. The third-order valence-corrected chi connectivity index (χ3v) is 3.52. The van der Waals surface area contributed by atoms with Crippen molar-refractivity contribution in [2.24, 2.45) is 0 Å². The van der Waals surface area contributed by atoms with Crippen LogP contribution in [0.1, 0.15) is 19.2 Å². The summed E-state index contributed by atoms with van der Waals surface area (Å²) in [6.07, 6.45) is 5.05. The molecule has 0 atom stereocenters. The number of hydrogen-bond donors (Lipinski definition) is 1. The second-order valence-electron chi connectivity index (χ2n) is 3.89. The van der Waals surface area contributed by atoms with Gasteiger partial charge in [-0.3, -0.25) is 0 Å². The van der Waals surface area contributed by atoms with Crippen LogP contribution in [0.15, 0.2) is 41.6 Å². The van der Waals surface area contributed by atoms with Gasteiger partial charge in [-0.2, -0.15) is 0 Å². The van der Waals surface area contributed by atoms with Crippen molar-refractivity contribution in [1.82, 2.24) is 9.55 Å². The van der Waals surface area contributed by atoms with Crippen LogP contribution in [0, 0.1) is 0 Å². The van der Waals surface area contributed by atoms with E-state index < -0.39 is 0 Å². The largest absolute Gasteiger partial charge is 0.399 e. The first-order valence-corrected chi connectivity index (χ1v) is 6.76. The number of thioether (sulfide) groups is 1. The van der Waals surface area contributed by atoms with Crippen molar-refractivity contribution in [1.29, 1.82) is 0 Å². The quantitative estimate of drug-likeness (QED) is 0.652. The van der Waals surface area contributed by atoms with Gasteiger partial charge in [0, 0.05) is 29.5 Å². The normalized spacial score (nSPS) is 10.6. The fraction of sp³-hybridized carbons (Fsp3) is 0.308. The fourth-order valence-electron chi connectivity index (χ4n) is 1.64. The Bertz CT molecular complexity index is 462. The number of nitrogens with zero attached hydrogens (tertiary/aromatic N) is 2. The molecule has 3 nitrogen and oxygen atoms in total. The number of benzene rings is 1. The molecule has 0 fully saturated rings. The van der Waals surface area contributed by atoms with Gasteiger partial charge >= 0.3 is 0 Å². The second kappa shape index (κ2) is 5.77. The van der Waals surface area contributed by atoms with Gasteiger partial charge in [-0.25, -0.2) is 4.98 Å². The van der Waals surface area contributed by atoms with Gasteiger partial charge in [0.15, 0.2) is 0 Å². The molecule has 0 bridgehead atoms. The van der Waals surface area contributed by atoms with Crippen LogP contribution in [0.5, 0.6) is 0 Å².